The molecule has 4 aromatic rings. The fourth-order valence-electron chi connectivity index (χ4n) is 2.98. The summed E-state index contributed by atoms with van der Waals surface area (Å²) in [7, 11) is 0. The third kappa shape index (κ3) is 4.21. The first-order valence-electron chi connectivity index (χ1n) is 8.99. The summed E-state index contributed by atoms with van der Waals surface area (Å²) in [5.41, 5.74) is 2.50. The zero-order valence-electron chi connectivity index (χ0n) is 15.2. The number of carbonyl (C=O) groups excluding carboxylic acids is 1. The number of benzene rings is 2. The van der Waals surface area contributed by atoms with Crippen LogP contribution in [0.4, 0.5) is 20.3 Å². The van der Waals surface area contributed by atoms with Gasteiger partial charge in [0.2, 0.25) is 0 Å². The molecule has 0 saturated carbocycles. The lowest BCUT2D eigenvalue weighted by Gasteiger charge is -2.07. The maximum absolute atomic E-state index is 13.2. The van der Waals surface area contributed by atoms with Crippen molar-refractivity contribution in [3.63, 3.8) is 0 Å². The van der Waals surface area contributed by atoms with Crippen molar-refractivity contribution in [1.82, 2.24) is 15.2 Å². The SMILES string of the molecule is O=C(Nc1ccc(F)c(F)c1)c1ccc(NCCc2c[nH]c3ccccc23)nn1. The second-order valence-electron chi connectivity index (χ2n) is 6.42. The van der Waals surface area contributed by atoms with E-state index in [2.05, 4.69) is 31.9 Å². The molecule has 146 valence electrons. The van der Waals surface area contributed by atoms with Crippen molar-refractivity contribution in [3.05, 3.63) is 83.7 Å². The Hall–Kier alpha value is -3.81. The van der Waals surface area contributed by atoms with Gasteiger partial charge in [0.05, 0.1) is 0 Å². The monoisotopic (exact) mass is 393 g/mol. The minimum atomic E-state index is -1.04. The van der Waals surface area contributed by atoms with Crippen molar-refractivity contribution in [3.8, 4) is 0 Å². The number of carbonyl (C=O) groups is 1. The molecule has 1 amide bonds. The molecule has 0 fully saturated rings. The van der Waals surface area contributed by atoms with E-state index in [0.29, 0.717) is 12.4 Å². The van der Waals surface area contributed by atoms with E-state index in [1.54, 1.807) is 6.07 Å². The number of halogens is 2. The van der Waals surface area contributed by atoms with E-state index in [0.717, 1.165) is 24.1 Å². The molecule has 4 rings (SSSR count). The van der Waals surface area contributed by atoms with E-state index in [1.165, 1.54) is 23.1 Å². The average molecular weight is 393 g/mol. The van der Waals surface area contributed by atoms with Crippen molar-refractivity contribution in [2.75, 3.05) is 17.2 Å². The highest BCUT2D eigenvalue weighted by atomic mass is 19.2. The van der Waals surface area contributed by atoms with Gasteiger partial charge in [0.1, 0.15) is 5.82 Å². The first-order chi connectivity index (χ1) is 14.1. The predicted octanol–water partition coefficient (Wildman–Crippen LogP) is 4.14. The molecule has 8 heteroatoms. The molecule has 0 atom stereocenters. The van der Waals surface area contributed by atoms with Crippen LogP contribution in [-0.2, 0) is 6.42 Å². The van der Waals surface area contributed by atoms with Crippen molar-refractivity contribution in [1.29, 1.82) is 0 Å². The summed E-state index contributed by atoms with van der Waals surface area (Å²) >= 11 is 0. The summed E-state index contributed by atoms with van der Waals surface area (Å²) in [4.78, 5) is 15.4. The van der Waals surface area contributed by atoms with Crippen LogP contribution in [0.25, 0.3) is 10.9 Å². The Morgan fingerprint density at radius 2 is 1.86 bits per heavy atom. The third-order valence-corrected chi connectivity index (χ3v) is 4.45. The van der Waals surface area contributed by atoms with Crippen LogP contribution in [0.5, 0.6) is 0 Å². The lowest BCUT2D eigenvalue weighted by atomic mass is 10.1. The molecule has 6 nitrogen and oxygen atoms in total. The number of nitrogens with one attached hydrogen (secondary N) is 3. The van der Waals surface area contributed by atoms with E-state index in [9.17, 15) is 13.6 Å². The Morgan fingerprint density at radius 1 is 1.00 bits per heavy atom. The highest BCUT2D eigenvalue weighted by molar-refractivity contribution is 6.02. The van der Waals surface area contributed by atoms with Gasteiger partial charge >= 0.3 is 0 Å². The van der Waals surface area contributed by atoms with Crippen LogP contribution >= 0.6 is 0 Å². The van der Waals surface area contributed by atoms with Crippen LogP contribution in [0.1, 0.15) is 16.1 Å². The van der Waals surface area contributed by atoms with Crippen LogP contribution in [0, 0.1) is 11.6 Å². The number of aromatic amines is 1. The molecule has 2 heterocycles. The second-order valence-corrected chi connectivity index (χ2v) is 6.42. The van der Waals surface area contributed by atoms with Gasteiger partial charge in [-0.25, -0.2) is 8.78 Å². The van der Waals surface area contributed by atoms with Crippen LogP contribution in [0.3, 0.4) is 0 Å². The molecule has 0 aliphatic heterocycles. The lowest BCUT2D eigenvalue weighted by molar-refractivity contribution is 0.102. The smallest absolute Gasteiger partial charge is 0.276 e. The van der Waals surface area contributed by atoms with E-state index in [-0.39, 0.29) is 11.4 Å². The minimum absolute atomic E-state index is 0.0666. The Morgan fingerprint density at radius 3 is 2.66 bits per heavy atom. The molecule has 2 aromatic carbocycles. The molecular weight excluding hydrogens is 376 g/mol. The van der Waals surface area contributed by atoms with E-state index in [4.69, 9.17) is 0 Å². The highest BCUT2D eigenvalue weighted by Gasteiger charge is 2.11. The molecule has 0 radical (unpaired) electrons. The minimum Gasteiger partial charge on any atom is -0.368 e. The number of H-pyrrole nitrogens is 1. The topological polar surface area (TPSA) is 82.7 Å². The zero-order valence-corrected chi connectivity index (χ0v) is 15.2. The molecule has 3 N–H and O–H groups in total. The Kier molecular flexibility index (Phi) is 5.15. The summed E-state index contributed by atoms with van der Waals surface area (Å²) in [5.74, 6) is -2.04. The summed E-state index contributed by atoms with van der Waals surface area (Å²) in [5, 5.41) is 14.7. The summed E-state index contributed by atoms with van der Waals surface area (Å²) in [6, 6.07) is 14.4. The van der Waals surface area contributed by atoms with Crippen molar-refractivity contribution >= 4 is 28.3 Å². The highest BCUT2D eigenvalue weighted by Crippen LogP contribution is 2.18. The van der Waals surface area contributed by atoms with Crippen LogP contribution in [0.15, 0.2) is 60.8 Å². The fraction of sp³-hybridized carbons (Fsp3) is 0.0952. The van der Waals surface area contributed by atoms with Gasteiger partial charge < -0.3 is 15.6 Å². The Labute approximate surface area is 165 Å². The van der Waals surface area contributed by atoms with Gasteiger partial charge in [-0.15, -0.1) is 10.2 Å². The quantitative estimate of drug-likeness (QED) is 0.460. The number of para-hydroxylation sites is 1. The maximum Gasteiger partial charge on any atom is 0.276 e. The standard InChI is InChI=1S/C21H17F2N5O/c22-16-6-5-14(11-17(16)23)26-21(29)19-7-8-20(28-27-19)24-10-9-13-12-25-18-4-2-1-3-15(13)18/h1-8,11-12,25H,9-10H2,(H,24,28)(H,26,29). The van der Waals surface area contributed by atoms with Gasteiger partial charge in [-0.1, -0.05) is 18.2 Å². The lowest BCUT2D eigenvalue weighted by Crippen LogP contribution is -2.15. The molecule has 0 spiro atoms. The van der Waals surface area contributed by atoms with Gasteiger partial charge in [-0.2, -0.15) is 0 Å². The number of fused-ring (bicyclic) bond motifs is 1. The molecule has 0 saturated heterocycles. The van der Waals surface area contributed by atoms with E-state index in [1.807, 2.05) is 24.4 Å². The first-order valence-corrected chi connectivity index (χ1v) is 8.99. The van der Waals surface area contributed by atoms with Crippen LogP contribution in [-0.4, -0.2) is 27.6 Å². The molecule has 0 bridgehead atoms. The number of aromatic nitrogens is 3. The number of rotatable bonds is 6. The molecule has 2 aromatic heterocycles. The summed E-state index contributed by atoms with van der Waals surface area (Å²) in [6.07, 6.45) is 2.79. The first kappa shape index (κ1) is 18.5. The van der Waals surface area contributed by atoms with Gasteiger partial charge in [0.25, 0.3) is 5.91 Å². The molecule has 0 aliphatic rings. The van der Waals surface area contributed by atoms with Gasteiger partial charge in [-0.05, 0) is 42.3 Å². The largest absolute Gasteiger partial charge is 0.368 e. The van der Waals surface area contributed by atoms with Gasteiger partial charge in [-0.3, -0.25) is 4.79 Å². The maximum atomic E-state index is 13.2. The van der Waals surface area contributed by atoms with Crippen LogP contribution in [0.2, 0.25) is 0 Å². The number of amides is 1. The molecule has 0 unspecified atom stereocenters. The molecular formula is C21H17F2N5O. The predicted molar refractivity (Wildman–Crippen MR) is 107 cm³/mol. The number of anilines is 2. The molecule has 29 heavy (non-hydrogen) atoms. The van der Waals surface area contributed by atoms with Gasteiger partial charge in [0.15, 0.2) is 17.3 Å². The Bertz CT molecular complexity index is 1160. The van der Waals surface area contributed by atoms with E-state index >= 15 is 0 Å². The van der Waals surface area contributed by atoms with Crippen molar-refractivity contribution in [2.24, 2.45) is 0 Å². The Balaban J connectivity index is 1.33. The van der Waals surface area contributed by atoms with Gasteiger partial charge in [0, 0.05) is 35.4 Å². The fourth-order valence-corrected chi connectivity index (χ4v) is 2.98. The number of hydrogen-bond donors (Lipinski definition) is 3. The number of hydrogen-bond acceptors (Lipinski definition) is 4. The average Bonchev–Trinajstić information content (AvgIpc) is 3.14. The molecule has 0 aliphatic carbocycles. The normalized spacial score (nSPS) is 10.8. The summed E-state index contributed by atoms with van der Waals surface area (Å²) in [6.45, 7) is 0.650. The third-order valence-electron chi connectivity index (χ3n) is 4.45. The zero-order chi connectivity index (χ0) is 20.2. The second kappa shape index (κ2) is 8.05. The van der Waals surface area contributed by atoms with Crippen molar-refractivity contribution < 1.29 is 13.6 Å². The summed E-state index contributed by atoms with van der Waals surface area (Å²) < 4.78 is 26.2. The van der Waals surface area contributed by atoms with E-state index < -0.39 is 17.5 Å². The number of nitrogens with zero attached hydrogens (tertiary/aromatic N) is 2. The van der Waals surface area contributed by atoms with Crippen molar-refractivity contribution in [2.45, 2.75) is 6.42 Å². The van der Waals surface area contributed by atoms with Crippen LogP contribution < -0.4 is 10.6 Å².